The zero-order valence-electron chi connectivity index (χ0n) is 21.1. The minimum absolute atomic E-state index is 0.171. The number of rotatable bonds is 8. The van der Waals surface area contributed by atoms with Crippen LogP contribution >= 0.6 is 10.3 Å². The van der Waals surface area contributed by atoms with Crippen LogP contribution < -0.4 is 0 Å². The van der Waals surface area contributed by atoms with Crippen molar-refractivity contribution in [3.05, 3.63) is 89.5 Å². The molecule has 0 spiro atoms. The molecule has 33 heavy (non-hydrogen) atoms. The summed E-state index contributed by atoms with van der Waals surface area (Å²) in [5.74, 6) is 0.826. The van der Waals surface area contributed by atoms with Crippen LogP contribution in [0.4, 0.5) is 0 Å². The van der Waals surface area contributed by atoms with Crippen LogP contribution in [0, 0.1) is 0 Å². The van der Waals surface area contributed by atoms with Gasteiger partial charge in [-0.15, -0.1) is 0 Å². The fraction of sp³-hybridized carbons (Fsp3) is 0.367. The Kier molecular flexibility index (Phi) is 8.07. The molecule has 3 heteroatoms. The van der Waals surface area contributed by atoms with Gasteiger partial charge in [-0.2, -0.15) is 0 Å². The van der Waals surface area contributed by atoms with E-state index in [-0.39, 0.29) is 17.8 Å². The van der Waals surface area contributed by atoms with Crippen molar-refractivity contribution in [2.75, 3.05) is 0 Å². The Labute approximate surface area is 201 Å². The summed E-state index contributed by atoms with van der Waals surface area (Å²) in [5.41, 5.74) is 3.88. The third-order valence-corrected chi connectivity index (χ3v) is 9.38. The maximum atomic E-state index is 13.1. The SMILES string of the molecule is CCC(=O)OS(c1ccccc1)(c1ccccc1)c1c(C(C)C)cc(C(C)C)cc1C(C)C. The third kappa shape index (κ3) is 5.04. The average molecular weight is 463 g/mol. The highest BCUT2D eigenvalue weighted by atomic mass is 32.3. The molecular formula is C30H38O2S. The van der Waals surface area contributed by atoms with E-state index in [1.807, 2.05) is 43.3 Å². The summed E-state index contributed by atoms with van der Waals surface area (Å²) in [6.07, 6.45) is 0.340. The van der Waals surface area contributed by atoms with Crippen molar-refractivity contribution >= 4 is 16.3 Å². The highest BCUT2D eigenvalue weighted by Crippen LogP contribution is 2.72. The molecule has 0 unspecified atom stereocenters. The van der Waals surface area contributed by atoms with Crippen molar-refractivity contribution in [3.63, 3.8) is 0 Å². The van der Waals surface area contributed by atoms with Gasteiger partial charge in [0.1, 0.15) is 0 Å². The Morgan fingerprint density at radius 2 is 1.15 bits per heavy atom. The molecule has 0 N–H and O–H groups in total. The second-order valence-electron chi connectivity index (χ2n) is 9.48. The van der Waals surface area contributed by atoms with E-state index in [4.69, 9.17) is 4.18 Å². The molecule has 0 fully saturated rings. The van der Waals surface area contributed by atoms with Crippen LogP contribution in [0.1, 0.15) is 89.3 Å². The number of benzene rings is 3. The summed E-state index contributed by atoms with van der Waals surface area (Å²) in [4.78, 5) is 16.4. The summed E-state index contributed by atoms with van der Waals surface area (Å²) in [5, 5.41) is 0. The molecule has 3 aromatic carbocycles. The first kappa shape index (κ1) is 25.1. The smallest absolute Gasteiger partial charge is 0.316 e. The second-order valence-corrected chi connectivity index (χ2v) is 12.1. The Bertz CT molecular complexity index is 1000. The Hall–Kier alpha value is -2.52. The lowest BCUT2D eigenvalue weighted by molar-refractivity contribution is -0.133. The molecule has 0 bridgehead atoms. The normalized spacial score (nSPS) is 12.4. The average Bonchev–Trinajstić information content (AvgIpc) is 2.82. The summed E-state index contributed by atoms with van der Waals surface area (Å²) in [6.45, 7) is 15.3. The highest BCUT2D eigenvalue weighted by Gasteiger charge is 2.40. The van der Waals surface area contributed by atoms with E-state index < -0.39 is 10.3 Å². The molecule has 0 saturated carbocycles. The summed E-state index contributed by atoms with van der Waals surface area (Å²) in [6, 6.07) is 25.4. The van der Waals surface area contributed by atoms with Crippen LogP contribution in [0.5, 0.6) is 0 Å². The third-order valence-electron chi connectivity index (χ3n) is 6.02. The summed E-state index contributed by atoms with van der Waals surface area (Å²) in [7, 11) is -2.29. The first-order chi connectivity index (χ1) is 15.7. The lowest BCUT2D eigenvalue weighted by Gasteiger charge is -2.43. The number of carbonyl (C=O) groups is 1. The molecule has 176 valence electrons. The fourth-order valence-corrected chi connectivity index (χ4v) is 7.90. The molecule has 0 atom stereocenters. The van der Waals surface area contributed by atoms with E-state index in [9.17, 15) is 4.79 Å². The Morgan fingerprint density at radius 1 is 0.727 bits per heavy atom. The van der Waals surface area contributed by atoms with Gasteiger partial charge in [0.05, 0.1) is 0 Å². The maximum Gasteiger partial charge on any atom is 0.316 e. The van der Waals surface area contributed by atoms with Crippen molar-refractivity contribution in [1.29, 1.82) is 0 Å². The van der Waals surface area contributed by atoms with Gasteiger partial charge >= 0.3 is 5.97 Å². The van der Waals surface area contributed by atoms with Gasteiger partial charge in [-0.05, 0) is 69.0 Å². The second kappa shape index (κ2) is 10.6. The van der Waals surface area contributed by atoms with Gasteiger partial charge in [0.2, 0.25) is 0 Å². The number of hydrogen-bond donors (Lipinski definition) is 0. The molecule has 0 aliphatic carbocycles. The van der Waals surface area contributed by atoms with E-state index in [0.717, 1.165) is 9.79 Å². The molecule has 0 amide bonds. The van der Waals surface area contributed by atoms with Crippen molar-refractivity contribution in [2.24, 2.45) is 0 Å². The largest absolute Gasteiger partial charge is 0.402 e. The Morgan fingerprint density at radius 3 is 1.48 bits per heavy atom. The fourth-order valence-electron chi connectivity index (χ4n) is 4.15. The van der Waals surface area contributed by atoms with Crippen molar-refractivity contribution in [2.45, 2.75) is 87.3 Å². The molecule has 0 aliphatic rings. The van der Waals surface area contributed by atoms with Crippen LogP contribution in [0.15, 0.2) is 87.5 Å². The van der Waals surface area contributed by atoms with Gasteiger partial charge in [-0.3, -0.25) is 4.79 Å². The standard InChI is InChI=1S/C30H38O2S/c1-8-29(31)32-33(25-15-11-9-12-16-25,26-17-13-10-14-18-26)30-27(22(4)5)19-24(21(2)3)20-28(30)23(6)7/h9-23H,8H2,1-7H3. The molecule has 0 aliphatic heterocycles. The summed E-state index contributed by atoms with van der Waals surface area (Å²) < 4.78 is 6.67. The monoisotopic (exact) mass is 462 g/mol. The van der Waals surface area contributed by atoms with Crippen molar-refractivity contribution < 1.29 is 8.98 Å². The topological polar surface area (TPSA) is 26.3 Å². The molecule has 0 heterocycles. The van der Waals surface area contributed by atoms with Gasteiger partial charge in [0.25, 0.3) is 0 Å². The van der Waals surface area contributed by atoms with E-state index in [0.29, 0.717) is 12.3 Å². The van der Waals surface area contributed by atoms with Gasteiger partial charge in [0.15, 0.2) is 0 Å². The molecule has 2 nitrogen and oxygen atoms in total. The lowest BCUT2D eigenvalue weighted by atomic mass is 9.89. The number of hydrogen-bond acceptors (Lipinski definition) is 2. The van der Waals surface area contributed by atoms with Gasteiger partial charge < -0.3 is 4.18 Å². The van der Waals surface area contributed by atoms with E-state index in [1.54, 1.807) is 0 Å². The quantitative estimate of drug-likeness (QED) is 0.333. The first-order valence-electron chi connectivity index (χ1n) is 12.1. The maximum absolute atomic E-state index is 13.1. The first-order valence-corrected chi connectivity index (χ1v) is 13.6. The van der Waals surface area contributed by atoms with Gasteiger partial charge in [-0.1, -0.05) is 97.0 Å². The van der Waals surface area contributed by atoms with Crippen molar-refractivity contribution in [3.8, 4) is 0 Å². The molecular weight excluding hydrogens is 424 g/mol. The van der Waals surface area contributed by atoms with Gasteiger partial charge in [-0.25, -0.2) is 0 Å². The zero-order chi connectivity index (χ0) is 24.2. The molecule has 0 radical (unpaired) electrons. The minimum atomic E-state index is -2.29. The van der Waals surface area contributed by atoms with Crippen molar-refractivity contribution in [1.82, 2.24) is 0 Å². The van der Waals surface area contributed by atoms with E-state index >= 15 is 0 Å². The van der Waals surface area contributed by atoms with E-state index in [2.05, 4.69) is 77.9 Å². The van der Waals surface area contributed by atoms with Crippen LogP contribution in [-0.2, 0) is 8.98 Å². The summed E-state index contributed by atoms with van der Waals surface area (Å²) >= 11 is 0. The predicted molar refractivity (Wildman–Crippen MR) is 140 cm³/mol. The van der Waals surface area contributed by atoms with Gasteiger partial charge in [0, 0.05) is 21.1 Å². The molecule has 3 aromatic rings. The highest BCUT2D eigenvalue weighted by molar-refractivity contribution is 8.30. The number of carbonyl (C=O) groups excluding carboxylic acids is 1. The minimum Gasteiger partial charge on any atom is -0.402 e. The molecule has 0 saturated heterocycles. The lowest BCUT2D eigenvalue weighted by Crippen LogP contribution is -2.17. The molecule has 0 aromatic heterocycles. The van der Waals surface area contributed by atoms with Crippen LogP contribution in [0.2, 0.25) is 0 Å². The van der Waals surface area contributed by atoms with E-state index in [1.165, 1.54) is 21.6 Å². The zero-order valence-corrected chi connectivity index (χ0v) is 21.9. The van der Waals surface area contributed by atoms with Crippen LogP contribution in [0.3, 0.4) is 0 Å². The Balaban J connectivity index is 2.56. The predicted octanol–water partition coefficient (Wildman–Crippen LogP) is 9.21. The molecule has 3 rings (SSSR count). The van der Waals surface area contributed by atoms with Crippen LogP contribution in [0.25, 0.3) is 0 Å². The van der Waals surface area contributed by atoms with Crippen LogP contribution in [-0.4, -0.2) is 5.97 Å².